The fourth-order valence-electron chi connectivity index (χ4n) is 2.54. The van der Waals surface area contributed by atoms with Crippen molar-refractivity contribution in [3.8, 4) is 5.75 Å². The topological polar surface area (TPSA) is 178 Å². The first-order valence-corrected chi connectivity index (χ1v) is 8.50. The number of rotatable bonds is 6. The van der Waals surface area contributed by atoms with Crippen molar-refractivity contribution in [3.63, 3.8) is 0 Å². The number of esters is 1. The summed E-state index contributed by atoms with van der Waals surface area (Å²) in [6.07, 6.45) is 2.60. The largest absolute Gasteiger partial charge is 0.423 e. The van der Waals surface area contributed by atoms with Gasteiger partial charge in [0.2, 0.25) is 0 Å². The van der Waals surface area contributed by atoms with Gasteiger partial charge in [0.1, 0.15) is 11.4 Å². The third kappa shape index (κ3) is 4.95. The first-order chi connectivity index (χ1) is 14.7. The molecular weight excluding hydrogens is 412 g/mol. The lowest BCUT2D eigenvalue weighted by Gasteiger charge is -2.04. The molecule has 0 atom stereocenters. The Hall–Kier alpha value is -4.87. The fraction of sp³-hybridized carbons (Fsp3) is 0. The molecule has 12 nitrogen and oxygen atoms in total. The highest BCUT2D eigenvalue weighted by Gasteiger charge is 2.18. The van der Waals surface area contributed by atoms with E-state index in [1.165, 1.54) is 54.6 Å². The molecule has 0 bridgehead atoms. The van der Waals surface area contributed by atoms with Crippen molar-refractivity contribution in [1.29, 1.82) is 0 Å². The van der Waals surface area contributed by atoms with Crippen LogP contribution in [0.2, 0.25) is 0 Å². The average Bonchev–Trinajstić information content (AvgIpc) is 2.72. The van der Waals surface area contributed by atoms with Gasteiger partial charge in [-0.3, -0.25) is 30.0 Å². The minimum atomic E-state index is -1.13. The molecule has 3 aromatic rings. The number of carbonyl (C=O) groups excluding carboxylic acids is 1. The highest BCUT2D eigenvalue weighted by Crippen LogP contribution is 2.19. The van der Waals surface area contributed by atoms with Gasteiger partial charge < -0.3 is 9.72 Å². The molecule has 12 heteroatoms. The number of non-ortho nitro benzene ring substituents is 1. The molecule has 0 aliphatic heterocycles. The number of H-pyrrole nitrogens is 2. The van der Waals surface area contributed by atoms with Gasteiger partial charge in [-0.05, 0) is 29.8 Å². The summed E-state index contributed by atoms with van der Waals surface area (Å²) in [5, 5.41) is 21.8. The zero-order valence-corrected chi connectivity index (χ0v) is 15.4. The molecule has 0 saturated carbocycles. The number of aromatic amines is 2. The molecule has 1 aromatic heterocycles. The van der Waals surface area contributed by atoms with Gasteiger partial charge in [-0.2, -0.15) is 0 Å². The molecule has 156 valence electrons. The third-order valence-electron chi connectivity index (χ3n) is 3.95. The molecule has 2 aromatic carbocycles. The van der Waals surface area contributed by atoms with Crippen LogP contribution in [0.15, 0.2) is 58.1 Å². The Morgan fingerprint density at radius 2 is 1.65 bits per heavy atom. The minimum absolute atomic E-state index is 0.00346. The number of nitrogens with one attached hydrogen (secondary N) is 2. The van der Waals surface area contributed by atoms with E-state index in [-0.39, 0.29) is 22.7 Å². The monoisotopic (exact) mass is 424 g/mol. The summed E-state index contributed by atoms with van der Waals surface area (Å²) < 4.78 is 5.17. The number of benzene rings is 2. The molecule has 0 radical (unpaired) electrons. The molecule has 0 saturated heterocycles. The van der Waals surface area contributed by atoms with Crippen molar-refractivity contribution in [2.24, 2.45) is 0 Å². The van der Waals surface area contributed by atoms with E-state index in [2.05, 4.69) is 4.98 Å². The molecule has 0 unspecified atom stereocenters. The Bertz CT molecular complexity index is 1320. The van der Waals surface area contributed by atoms with Gasteiger partial charge in [-0.15, -0.1) is 0 Å². The Labute approximate surface area is 171 Å². The van der Waals surface area contributed by atoms with Crippen LogP contribution in [-0.4, -0.2) is 25.8 Å². The molecule has 1 heterocycles. The minimum Gasteiger partial charge on any atom is -0.423 e. The molecule has 0 aliphatic rings. The second kappa shape index (κ2) is 8.65. The fourth-order valence-corrected chi connectivity index (χ4v) is 2.54. The van der Waals surface area contributed by atoms with E-state index < -0.39 is 32.8 Å². The van der Waals surface area contributed by atoms with Gasteiger partial charge in [0.25, 0.3) is 5.69 Å². The van der Waals surface area contributed by atoms with Crippen molar-refractivity contribution >= 4 is 29.5 Å². The summed E-state index contributed by atoms with van der Waals surface area (Å²) in [4.78, 5) is 59.4. The normalized spacial score (nSPS) is 10.7. The zero-order valence-electron chi connectivity index (χ0n) is 15.4. The van der Waals surface area contributed by atoms with Crippen molar-refractivity contribution in [2.45, 2.75) is 0 Å². The number of ether oxygens (including phenoxy) is 1. The number of nitro benzene ring substituents is 1. The number of nitrogens with zero attached hydrogens (tertiary/aromatic N) is 2. The van der Waals surface area contributed by atoms with Gasteiger partial charge in [0.15, 0.2) is 0 Å². The average molecular weight is 424 g/mol. The lowest BCUT2D eigenvalue weighted by Crippen LogP contribution is -2.25. The molecule has 2 N–H and O–H groups in total. The van der Waals surface area contributed by atoms with Crippen molar-refractivity contribution in [3.05, 3.63) is 106 Å². The molecule has 0 amide bonds. The van der Waals surface area contributed by atoms with Crippen LogP contribution in [0.4, 0.5) is 11.4 Å². The number of hydrogen-bond acceptors (Lipinski definition) is 8. The Balaban J connectivity index is 1.77. The lowest BCUT2D eigenvalue weighted by atomic mass is 10.2. The number of hydrogen-bond donors (Lipinski definition) is 2. The Morgan fingerprint density at radius 3 is 2.29 bits per heavy atom. The molecular formula is C19H12N4O8. The Morgan fingerprint density at radius 1 is 0.935 bits per heavy atom. The van der Waals surface area contributed by atoms with Crippen LogP contribution in [0.1, 0.15) is 21.6 Å². The van der Waals surface area contributed by atoms with E-state index in [0.717, 1.165) is 6.07 Å². The van der Waals surface area contributed by atoms with Crippen molar-refractivity contribution in [1.82, 2.24) is 9.97 Å². The molecule has 31 heavy (non-hydrogen) atoms. The summed E-state index contributed by atoms with van der Waals surface area (Å²) in [7, 11) is 0. The molecule has 0 aliphatic carbocycles. The van der Waals surface area contributed by atoms with Crippen LogP contribution in [-0.2, 0) is 0 Å². The first-order valence-electron chi connectivity index (χ1n) is 8.50. The molecule has 0 fully saturated rings. The third-order valence-corrected chi connectivity index (χ3v) is 3.95. The SMILES string of the molecule is O=C(Oc1ccc(C=Cc2[nH]c(=O)[nH]c(=O)c2[N+](=O)[O-])cc1)c1cccc([N+](=O)[O-])c1. The lowest BCUT2D eigenvalue weighted by molar-refractivity contribution is -0.386. The predicted octanol–water partition coefficient (Wildman–Crippen LogP) is 2.27. The summed E-state index contributed by atoms with van der Waals surface area (Å²) in [5.74, 6) is -0.632. The van der Waals surface area contributed by atoms with Crippen LogP contribution in [0.5, 0.6) is 5.75 Å². The maximum atomic E-state index is 12.2. The second-order valence-corrected chi connectivity index (χ2v) is 6.03. The smallest absolute Gasteiger partial charge is 0.357 e. The first kappa shape index (κ1) is 20.9. The summed E-state index contributed by atoms with van der Waals surface area (Å²) in [6.45, 7) is 0. The second-order valence-electron chi connectivity index (χ2n) is 6.03. The van der Waals surface area contributed by atoms with Gasteiger partial charge >= 0.3 is 22.9 Å². The van der Waals surface area contributed by atoms with Gasteiger partial charge in [0.05, 0.1) is 15.4 Å². The summed E-state index contributed by atoms with van der Waals surface area (Å²) >= 11 is 0. The van der Waals surface area contributed by atoms with Crippen LogP contribution in [0.3, 0.4) is 0 Å². The maximum absolute atomic E-state index is 12.2. The van der Waals surface area contributed by atoms with Gasteiger partial charge in [-0.25, -0.2) is 9.59 Å². The van der Waals surface area contributed by atoms with Crippen molar-refractivity contribution < 1.29 is 19.4 Å². The van der Waals surface area contributed by atoms with E-state index in [1.54, 1.807) is 4.98 Å². The van der Waals surface area contributed by atoms with E-state index >= 15 is 0 Å². The number of aromatic nitrogens is 2. The summed E-state index contributed by atoms with van der Waals surface area (Å²) in [6, 6.07) is 11.0. The van der Waals surface area contributed by atoms with E-state index in [1.807, 2.05) is 0 Å². The maximum Gasteiger partial charge on any atom is 0.357 e. The van der Waals surface area contributed by atoms with Crippen LogP contribution in [0, 0.1) is 20.2 Å². The van der Waals surface area contributed by atoms with E-state index in [9.17, 15) is 34.6 Å². The van der Waals surface area contributed by atoms with E-state index in [4.69, 9.17) is 4.74 Å². The van der Waals surface area contributed by atoms with Gasteiger partial charge in [-0.1, -0.05) is 24.3 Å². The Kier molecular flexibility index (Phi) is 5.82. The van der Waals surface area contributed by atoms with Gasteiger partial charge in [0, 0.05) is 12.1 Å². The summed E-state index contributed by atoms with van der Waals surface area (Å²) in [5.41, 5.74) is -2.83. The number of nitro groups is 2. The van der Waals surface area contributed by atoms with Crippen LogP contribution < -0.4 is 16.0 Å². The number of carbonyl (C=O) groups is 1. The van der Waals surface area contributed by atoms with Crippen molar-refractivity contribution in [2.75, 3.05) is 0 Å². The quantitative estimate of drug-likeness (QED) is 0.262. The standard InChI is InChI=1S/C19H12N4O8/c24-17-16(23(29)30)15(20-19(26)21-17)9-6-11-4-7-14(8-5-11)31-18(25)12-2-1-3-13(10-12)22(27)28/h1-10H,(H2,20,21,24,26). The van der Waals surface area contributed by atoms with Crippen LogP contribution in [0.25, 0.3) is 12.2 Å². The van der Waals surface area contributed by atoms with E-state index in [0.29, 0.717) is 5.56 Å². The molecule has 0 spiro atoms. The molecule has 3 rings (SSSR count). The predicted molar refractivity (Wildman–Crippen MR) is 108 cm³/mol. The highest BCUT2D eigenvalue weighted by atomic mass is 16.6. The zero-order chi connectivity index (χ0) is 22.5. The highest BCUT2D eigenvalue weighted by molar-refractivity contribution is 5.91. The van der Waals surface area contributed by atoms with Crippen LogP contribution >= 0.6 is 0 Å².